The summed E-state index contributed by atoms with van der Waals surface area (Å²) < 4.78 is 18.1. The first-order valence-electron chi connectivity index (χ1n) is 6.83. The third-order valence-corrected chi connectivity index (χ3v) is 2.98. The predicted octanol–water partition coefficient (Wildman–Crippen LogP) is 3.29. The van der Waals surface area contributed by atoms with Gasteiger partial charge < -0.3 is 10.1 Å². The van der Waals surface area contributed by atoms with E-state index in [2.05, 4.69) is 19.2 Å². The van der Waals surface area contributed by atoms with Gasteiger partial charge in [-0.15, -0.1) is 0 Å². The normalized spacial score (nSPS) is 10.5. The molecule has 0 heterocycles. The molecule has 1 aromatic rings. The first kappa shape index (κ1) is 15.5. The van der Waals surface area contributed by atoms with Crippen LogP contribution in [-0.4, -0.2) is 18.6 Å². The first-order chi connectivity index (χ1) is 9.15. The molecule has 0 saturated carbocycles. The van der Waals surface area contributed by atoms with Crippen LogP contribution in [0.5, 0.6) is 5.75 Å². The van der Waals surface area contributed by atoms with Gasteiger partial charge in [-0.3, -0.25) is 4.79 Å². The highest BCUT2D eigenvalue weighted by molar-refractivity contribution is 5.76. The van der Waals surface area contributed by atoms with Crippen molar-refractivity contribution in [3.05, 3.63) is 30.1 Å². The minimum atomic E-state index is -0.281. The lowest BCUT2D eigenvalue weighted by Crippen LogP contribution is -2.33. The van der Waals surface area contributed by atoms with E-state index in [1.807, 2.05) is 0 Å². The molecular formula is C15H22FNO2. The van der Waals surface area contributed by atoms with Crippen LogP contribution in [0.1, 0.15) is 39.5 Å². The van der Waals surface area contributed by atoms with Crippen molar-refractivity contribution in [3.63, 3.8) is 0 Å². The zero-order valence-electron chi connectivity index (χ0n) is 11.6. The Hall–Kier alpha value is -1.58. The molecular weight excluding hydrogens is 245 g/mol. The molecule has 0 aliphatic carbocycles. The van der Waals surface area contributed by atoms with E-state index < -0.39 is 0 Å². The Labute approximate surface area is 114 Å². The SMILES string of the molecule is CCC(CC)NC(=O)CCCOc1ccc(F)cc1. The van der Waals surface area contributed by atoms with Crippen LogP contribution in [0.3, 0.4) is 0 Å². The van der Waals surface area contributed by atoms with Crippen LogP contribution < -0.4 is 10.1 Å². The molecule has 0 spiro atoms. The van der Waals surface area contributed by atoms with Gasteiger partial charge in [0.25, 0.3) is 0 Å². The van der Waals surface area contributed by atoms with E-state index in [-0.39, 0.29) is 17.8 Å². The van der Waals surface area contributed by atoms with Gasteiger partial charge in [-0.2, -0.15) is 0 Å². The lowest BCUT2D eigenvalue weighted by atomic mass is 10.1. The average Bonchev–Trinajstić information content (AvgIpc) is 2.43. The number of benzene rings is 1. The Kier molecular flexibility index (Phi) is 6.93. The number of hydrogen-bond donors (Lipinski definition) is 1. The van der Waals surface area contributed by atoms with Gasteiger partial charge in [0, 0.05) is 12.5 Å². The minimum Gasteiger partial charge on any atom is -0.494 e. The number of hydrogen-bond acceptors (Lipinski definition) is 2. The molecule has 19 heavy (non-hydrogen) atoms. The number of carbonyl (C=O) groups excluding carboxylic acids is 1. The van der Waals surface area contributed by atoms with Crippen molar-refractivity contribution in [1.29, 1.82) is 0 Å². The number of nitrogens with one attached hydrogen (secondary N) is 1. The Morgan fingerprint density at radius 2 is 1.89 bits per heavy atom. The highest BCUT2D eigenvalue weighted by Crippen LogP contribution is 2.11. The van der Waals surface area contributed by atoms with Crippen molar-refractivity contribution in [3.8, 4) is 5.75 Å². The second-order valence-corrected chi connectivity index (χ2v) is 4.49. The van der Waals surface area contributed by atoms with Crippen LogP contribution >= 0.6 is 0 Å². The van der Waals surface area contributed by atoms with E-state index in [1.54, 1.807) is 12.1 Å². The summed E-state index contributed by atoms with van der Waals surface area (Å²) in [6.07, 6.45) is 3.02. The Morgan fingerprint density at radius 3 is 2.47 bits per heavy atom. The van der Waals surface area contributed by atoms with Crippen LogP contribution in [0.15, 0.2) is 24.3 Å². The largest absolute Gasteiger partial charge is 0.494 e. The number of ether oxygens (including phenoxy) is 1. The Morgan fingerprint density at radius 1 is 1.26 bits per heavy atom. The summed E-state index contributed by atoms with van der Waals surface area (Å²) >= 11 is 0. The van der Waals surface area contributed by atoms with E-state index in [0.29, 0.717) is 25.2 Å². The highest BCUT2D eigenvalue weighted by Gasteiger charge is 2.07. The van der Waals surface area contributed by atoms with Gasteiger partial charge in [-0.1, -0.05) is 13.8 Å². The molecule has 0 saturated heterocycles. The molecule has 0 aliphatic rings. The fraction of sp³-hybridized carbons (Fsp3) is 0.533. The molecule has 106 valence electrons. The summed E-state index contributed by atoms with van der Waals surface area (Å²) in [7, 11) is 0. The molecule has 1 N–H and O–H groups in total. The van der Waals surface area contributed by atoms with E-state index in [9.17, 15) is 9.18 Å². The third-order valence-electron chi connectivity index (χ3n) is 2.98. The molecule has 1 rings (SSSR count). The lowest BCUT2D eigenvalue weighted by molar-refractivity contribution is -0.122. The molecule has 0 aliphatic heterocycles. The topological polar surface area (TPSA) is 38.3 Å². The van der Waals surface area contributed by atoms with Gasteiger partial charge >= 0.3 is 0 Å². The highest BCUT2D eigenvalue weighted by atomic mass is 19.1. The Balaban J connectivity index is 2.16. The molecule has 3 nitrogen and oxygen atoms in total. The summed E-state index contributed by atoms with van der Waals surface area (Å²) in [6, 6.07) is 6.15. The second-order valence-electron chi connectivity index (χ2n) is 4.49. The monoisotopic (exact) mass is 267 g/mol. The van der Waals surface area contributed by atoms with Gasteiger partial charge in [0.05, 0.1) is 6.61 Å². The van der Waals surface area contributed by atoms with Gasteiger partial charge in [0.2, 0.25) is 5.91 Å². The van der Waals surface area contributed by atoms with Crippen LogP contribution in [0.2, 0.25) is 0 Å². The molecule has 0 aromatic heterocycles. The van der Waals surface area contributed by atoms with Gasteiger partial charge in [-0.25, -0.2) is 4.39 Å². The maximum absolute atomic E-state index is 12.7. The first-order valence-corrected chi connectivity index (χ1v) is 6.83. The molecule has 1 amide bonds. The van der Waals surface area contributed by atoms with Crippen molar-refractivity contribution >= 4 is 5.91 Å². The van der Waals surface area contributed by atoms with E-state index in [0.717, 1.165) is 12.8 Å². The summed E-state index contributed by atoms with van der Waals surface area (Å²) in [5.41, 5.74) is 0. The quantitative estimate of drug-likeness (QED) is 0.734. The fourth-order valence-corrected chi connectivity index (χ4v) is 1.75. The van der Waals surface area contributed by atoms with Crippen molar-refractivity contribution in [2.24, 2.45) is 0 Å². The molecule has 0 fully saturated rings. The molecule has 0 bridgehead atoms. The molecule has 0 atom stereocenters. The fourth-order valence-electron chi connectivity index (χ4n) is 1.75. The smallest absolute Gasteiger partial charge is 0.220 e. The predicted molar refractivity (Wildman–Crippen MR) is 73.6 cm³/mol. The van der Waals surface area contributed by atoms with Crippen molar-refractivity contribution < 1.29 is 13.9 Å². The van der Waals surface area contributed by atoms with Crippen molar-refractivity contribution in [2.75, 3.05) is 6.61 Å². The van der Waals surface area contributed by atoms with E-state index in [1.165, 1.54) is 12.1 Å². The van der Waals surface area contributed by atoms with Crippen LogP contribution in [-0.2, 0) is 4.79 Å². The van der Waals surface area contributed by atoms with Crippen molar-refractivity contribution in [2.45, 2.75) is 45.6 Å². The maximum atomic E-state index is 12.7. The molecule has 0 radical (unpaired) electrons. The summed E-state index contributed by atoms with van der Waals surface area (Å²) in [5, 5.41) is 2.98. The van der Waals surface area contributed by atoms with Gasteiger partial charge in [-0.05, 0) is 43.5 Å². The number of halogens is 1. The average molecular weight is 267 g/mol. The number of amides is 1. The summed E-state index contributed by atoms with van der Waals surface area (Å²) in [5.74, 6) is 0.412. The molecule has 4 heteroatoms. The maximum Gasteiger partial charge on any atom is 0.220 e. The summed E-state index contributed by atoms with van der Waals surface area (Å²) in [4.78, 5) is 11.6. The Bertz CT molecular complexity index is 374. The standard InChI is InChI=1S/C15H22FNO2/c1-3-13(4-2)17-15(18)6-5-11-19-14-9-7-12(16)8-10-14/h7-10,13H,3-6,11H2,1-2H3,(H,17,18). The molecule has 0 unspecified atom stereocenters. The summed E-state index contributed by atoms with van der Waals surface area (Å²) in [6.45, 7) is 4.58. The van der Waals surface area contributed by atoms with Gasteiger partial charge in [0.1, 0.15) is 11.6 Å². The third kappa shape index (κ3) is 6.22. The zero-order chi connectivity index (χ0) is 14.1. The second kappa shape index (κ2) is 8.51. The number of rotatable bonds is 8. The minimum absolute atomic E-state index is 0.0661. The van der Waals surface area contributed by atoms with Gasteiger partial charge in [0.15, 0.2) is 0 Å². The number of carbonyl (C=O) groups is 1. The zero-order valence-corrected chi connectivity index (χ0v) is 11.6. The molecule has 1 aromatic carbocycles. The van der Waals surface area contributed by atoms with E-state index >= 15 is 0 Å². The lowest BCUT2D eigenvalue weighted by Gasteiger charge is -2.14. The van der Waals surface area contributed by atoms with Crippen LogP contribution in [0.4, 0.5) is 4.39 Å². The van der Waals surface area contributed by atoms with Crippen LogP contribution in [0.25, 0.3) is 0 Å². The van der Waals surface area contributed by atoms with E-state index in [4.69, 9.17) is 4.74 Å². The van der Waals surface area contributed by atoms with Crippen LogP contribution in [0, 0.1) is 5.82 Å². The van der Waals surface area contributed by atoms with Crippen molar-refractivity contribution in [1.82, 2.24) is 5.32 Å².